The molecule has 25 heavy (non-hydrogen) atoms. The Kier molecular flexibility index (Phi) is 4.83. The molecule has 0 radical (unpaired) electrons. The molecular formula is C18H21N3O4. The largest absolute Gasteiger partial charge is 0.496 e. The number of carbonyl (C=O) groups is 1. The van der Waals surface area contributed by atoms with Crippen LogP contribution in [-0.2, 0) is 19.4 Å². The van der Waals surface area contributed by atoms with E-state index in [1.807, 2.05) is 19.1 Å². The van der Waals surface area contributed by atoms with Crippen LogP contribution in [0.4, 0.5) is 5.82 Å². The van der Waals surface area contributed by atoms with Gasteiger partial charge < -0.3 is 19.4 Å². The summed E-state index contributed by atoms with van der Waals surface area (Å²) in [5.41, 5.74) is 2.99. The molecule has 3 rings (SSSR count). The fourth-order valence-electron chi connectivity index (χ4n) is 3.46. The minimum absolute atomic E-state index is 0.0529. The summed E-state index contributed by atoms with van der Waals surface area (Å²) in [5, 5.41) is 10.7. The maximum atomic E-state index is 13.0. The van der Waals surface area contributed by atoms with E-state index in [1.54, 1.807) is 11.7 Å². The van der Waals surface area contributed by atoms with E-state index in [4.69, 9.17) is 4.74 Å². The standard InChI is InChI=1S/C18H21N3O4/c1-12(9-20-10-17(19-11-20)21(23)24)18(22)15-7-8-16(25-2)14-6-4-3-5-13(14)15/h7-8,10-12H,3-6,9H2,1-2H3. The molecule has 0 saturated heterocycles. The highest BCUT2D eigenvalue weighted by Crippen LogP contribution is 2.33. The lowest BCUT2D eigenvalue weighted by Crippen LogP contribution is -2.20. The van der Waals surface area contributed by atoms with E-state index in [0.29, 0.717) is 6.54 Å². The Morgan fingerprint density at radius 1 is 1.36 bits per heavy atom. The van der Waals surface area contributed by atoms with Crippen LogP contribution in [0.2, 0.25) is 0 Å². The summed E-state index contributed by atoms with van der Waals surface area (Å²) in [6, 6.07) is 3.71. The van der Waals surface area contributed by atoms with Gasteiger partial charge in [-0.15, -0.1) is 0 Å². The highest BCUT2D eigenvalue weighted by atomic mass is 16.6. The monoisotopic (exact) mass is 343 g/mol. The van der Waals surface area contributed by atoms with Crippen molar-refractivity contribution in [3.8, 4) is 5.75 Å². The van der Waals surface area contributed by atoms with Crippen molar-refractivity contribution >= 4 is 11.6 Å². The van der Waals surface area contributed by atoms with Crippen LogP contribution < -0.4 is 4.74 Å². The molecule has 1 aliphatic carbocycles. The van der Waals surface area contributed by atoms with Crippen LogP contribution in [0.25, 0.3) is 0 Å². The number of carbonyl (C=O) groups excluding carboxylic acids is 1. The number of ether oxygens (including phenoxy) is 1. The maximum Gasteiger partial charge on any atom is 0.381 e. The fraction of sp³-hybridized carbons (Fsp3) is 0.444. The lowest BCUT2D eigenvalue weighted by atomic mass is 9.84. The number of rotatable bonds is 6. The van der Waals surface area contributed by atoms with Gasteiger partial charge in [0.1, 0.15) is 11.9 Å². The number of nitrogens with zero attached hydrogens (tertiary/aromatic N) is 3. The summed E-state index contributed by atoms with van der Waals surface area (Å²) in [6.07, 6.45) is 6.75. The number of benzene rings is 1. The number of hydrogen-bond donors (Lipinski definition) is 0. The van der Waals surface area contributed by atoms with Gasteiger partial charge in [-0.05, 0) is 58.9 Å². The summed E-state index contributed by atoms with van der Waals surface area (Å²) in [7, 11) is 1.65. The average molecular weight is 343 g/mol. The van der Waals surface area contributed by atoms with Gasteiger partial charge in [0.05, 0.1) is 7.11 Å². The molecule has 0 spiro atoms. The second-order valence-corrected chi connectivity index (χ2v) is 6.43. The maximum absolute atomic E-state index is 13.0. The molecule has 1 atom stereocenters. The van der Waals surface area contributed by atoms with Gasteiger partial charge in [-0.2, -0.15) is 0 Å². The van der Waals surface area contributed by atoms with Crippen LogP contribution in [-0.4, -0.2) is 27.4 Å². The normalized spacial score (nSPS) is 14.6. The molecule has 0 aliphatic heterocycles. The van der Waals surface area contributed by atoms with E-state index >= 15 is 0 Å². The van der Waals surface area contributed by atoms with E-state index < -0.39 is 4.92 Å². The van der Waals surface area contributed by atoms with Crippen molar-refractivity contribution in [3.63, 3.8) is 0 Å². The topological polar surface area (TPSA) is 87.3 Å². The predicted molar refractivity (Wildman–Crippen MR) is 92.0 cm³/mol. The first-order valence-corrected chi connectivity index (χ1v) is 8.40. The first-order chi connectivity index (χ1) is 12.0. The zero-order valence-corrected chi connectivity index (χ0v) is 14.4. The van der Waals surface area contributed by atoms with Crippen molar-refractivity contribution in [1.29, 1.82) is 0 Å². The molecule has 0 saturated carbocycles. The summed E-state index contributed by atoms with van der Waals surface area (Å²) in [4.78, 5) is 26.9. The van der Waals surface area contributed by atoms with Gasteiger partial charge in [-0.3, -0.25) is 4.79 Å². The van der Waals surface area contributed by atoms with Crippen molar-refractivity contribution in [2.24, 2.45) is 5.92 Å². The molecule has 1 aromatic heterocycles. The molecule has 0 bridgehead atoms. The number of nitro groups is 1. The van der Waals surface area contributed by atoms with Crippen LogP contribution in [0.1, 0.15) is 41.3 Å². The van der Waals surface area contributed by atoms with Gasteiger partial charge in [-0.25, -0.2) is 0 Å². The lowest BCUT2D eigenvalue weighted by Gasteiger charge is -2.22. The molecule has 7 nitrogen and oxygen atoms in total. The second-order valence-electron chi connectivity index (χ2n) is 6.43. The minimum Gasteiger partial charge on any atom is -0.496 e. The fourth-order valence-corrected chi connectivity index (χ4v) is 3.46. The van der Waals surface area contributed by atoms with Crippen LogP contribution in [0.5, 0.6) is 5.75 Å². The smallest absolute Gasteiger partial charge is 0.381 e. The van der Waals surface area contributed by atoms with Crippen LogP contribution in [0.15, 0.2) is 24.7 Å². The van der Waals surface area contributed by atoms with E-state index in [-0.39, 0.29) is 17.5 Å². The molecule has 0 amide bonds. The molecule has 1 unspecified atom stereocenters. The average Bonchev–Trinajstić information content (AvgIpc) is 3.09. The van der Waals surface area contributed by atoms with Crippen molar-refractivity contribution < 1.29 is 14.5 Å². The molecule has 132 valence electrons. The van der Waals surface area contributed by atoms with E-state index in [0.717, 1.165) is 48.1 Å². The Morgan fingerprint density at radius 2 is 2.08 bits per heavy atom. The molecule has 1 aliphatic rings. The molecule has 0 N–H and O–H groups in total. The molecule has 0 fully saturated rings. The number of imidazole rings is 1. The Balaban J connectivity index is 1.83. The summed E-state index contributed by atoms with van der Waals surface area (Å²) >= 11 is 0. The van der Waals surface area contributed by atoms with E-state index in [1.165, 1.54) is 12.5 Å². The first kappa shape index (κ1) is 17.1. The quantitative estimate of drug-likeness (QED) is 0.457. The Hall–Kier alpha value is -2.70. The Labute approximate surface area is 145 Å². The summed E-state index contributed by atoms with van der Waals surface area (Å²) in [6.45, 7) is 2.20. The third kappa shape index (κ3) is 3.40. The SMILES string of the molecule is COc1ccc(C(=O)C(C)Cn2cnc([N+](=O)[O-])c2)c2c1CCCC2. The molecule has 7 heteroatoms. The van der Waals surface area contributed by atoms with Gasteiger partial charge >= 0.3 is 5.82 Å². The first-order valence-electron chi connectivity index (χ1n) is 8.40. The van der Waals surface area contributed by atoms with Gasteiger partial charge in [-0.1, -0.05) is 6.92 Å². The Morgan fingerprint density at radius 3 is 2.72 bits per heavy atom. The van der Waals surface area contributed by atoms with Gasteiger partial charge in [0, 0.05) is 18.0 Å². The molecular weight excluding hydrogens is 322 g/mol. The zero-order chi connectivity index (χ0) is 18.0. The highest BCUT2D eigenvalue weighted by Gasteiger charge is 2.25. The molecule has 1 aromatic carbocycles. The minimum atomic E-state index is -0.539. The van der Waals surface area contributed by atoms with E-state index in [2.05, 4.69) is 4.98 Å². The van der Waals surface area contributed by atoms with Gasteiger partial charge in [0.15, 0.2) is 5.78 Å². The second kappa shape index (κ2) is 7.04. The number of aromatic nitrogens is 2. The van der Waals surface area contributed by atoms with Crippen LogP contribution >= 0.6 is 0 Å². The summed E-state index contributed by atoms with van der Waals surface area (Å²) < 4.78 is 7.04. The molecule has 1 heterocycles. The third-order valence-corrected chi connectivity index (χ3v) is 4.72. The van der Waals surface area contributed by atoms with Crippen LogP contribution in [0, 0.1) is 16.0 Å². The lowest BCUT2D eigenvalue weighted by molar-refractivity contribution is -0.389. The van der Waals surface area contributed by atoms with Crippen molar-refractivity contribution in [3.05, 3.63) is 51.5 Å². The van der Waals surface area contributed by atoms with Crippen molar-refractivity contribution in [2.45, 2.75) is 39.2 Å². The predicted octanol–water partition coefficient (Wildman–Crippen LogP) is 3.20. The summed E-state index contributed by atoms with van der Waals surface area (Å²) in [5.74, 6) is 0.399. The van der Waals surface area contributed by atoms with E-state index in [9.17, 15) is 14.9 Å². The number of fused-ring (bicyclic) bond motifs is 1. The van der Waals surface area contributed by atoms with Crippen LogP contribution in [0.3, 0.4) is 0 Å². The highest BCUT2D eigenvalue weighted by molar-refractivity contribution is 5.99. The van der Waals surface area contributed by atoms with Crippen molar-refractivity contribution in [2.75, 3.05) is 7.11 Å². The zero-order valence-electron chi connectivity index (χ0n) is 14.4. The number of hydrogen-bond acceptors (Lipinski definition) is 5. The van der Waals surface area contributed by atoms with Gasteiger partial charge in [0.25, 0.3) is 0 Å². The Bertz CT molecular complexity index is 813. The molecule has 2 aromatic rings. The van der Waals surface area contributed by atoms with Gasteiger partial charge in [0.2, 0.25) is 6.33 Å². The number of ketones is 1. The number of methoxy groups -OCH3 is 1. The van der Waals surface area contributed by atoms with Crippen molar-refractivity contribution in [1.82, 2.24) is 9.55 Å². The third-order valence-electron chi connectivity index (χ3n) is 4.72. The number of Topliss-reactive ketones (excluding diaryl/α,β-unsaturated/α-hetero) is 1.